The summed E-state index contributed by atoms with van der Waals surface area (Å²) in [5.41, 5.74) is 5.42. The molecule has 170 valence electrons. The second-order valence-electron chi connectivity index (χ2n) is 5.49. The number of nitrogens with two attached hydrogens (primary N) is 1. The minimum Gasteiger partial charge on any atom is -0.402 e. The van der Waals surface area contributed by atoms with Gasteiger partial charge in [-0.05, 0) is 71.9 Å². The largest absolute Gasteiger partial charge is 0.416 e. The number of allylic oxidation sites excluding steroid dienone is 7. The molecule has 1 rings (SSSR count). The van der Waals surface area contributed by atoms with Gasteiger partial charge in [0.1, 0.15) is 6.29 Å². The van der Waals surface area contributed by atoms with E-state index in [1.807, 2.05) is 0 Å². The van der Waals surface area contributed by atoms with Crippen molar-refractivity contribution in [1.82, 2.24) is 0 Å². The zero-order chi connectivity index (χ0) is 24.0. The molecule has 0 fully saturated rings. The van der Waals surface area contributed by atoms with Crippen LogP contribution in [-0.4, -0.2) is 24.7 Å². The van der Waals surface area contributed by atoms with E-state index in [9.17, 15) is 18.0 Å². The highest BCUT2D eigenvalue weighted by Gasteiger charge is 2.30. The molecule has 4 nitrogen and oxygen atoms in total. The van der Waals surface area contributed by atoms with Crippen LogP contribution in [0.4, 0.5) is 18.9 Å². The third-order valence-electron chi connectivity index (χ3n) is 2.99. The van der Waals surface area contributed by atoms with E-state index in [0.29, 0.717) is 36.7 Å². The van der Waals surface area contributed by atoms with Gasteiger partial charge in [-0.1, -0.05) is 41.4 Å². The van der Waals surface area contributed by atoms with Gasteiger partial charge in [-0.15, -0.1) is 0 Å². The zero-order valence-corrected chi connectivity index (χ0v) is 20.7. The lowest BCUT2D eigenvalue weighted by atomic mass is 10.2. The molecule has 0 atom stereocenters. The standard InChI is InChI=1S/C11H9BrCl2N2OS.C9H12F3N/c1-15-11(18-9(12)5-6-17)16-10-7(13)3-2-4-8(10)14;1-3-4-8(9(10,11)12)6-5-7(2)13/h2-6H,1H3,(H,15,16);3-6H,13H2,1-2H3/b9-5+;4-3-,7-5+,8-6+. The second kappa shape index (κ2) is 15.2. The molecule has 0 heterocycles. The monoisotopic (exact) mass is 557 g/mol. The van der Waals surface area contributed by atoms with Crippen molar-refractivity contribution in [3.05, 3.63) is 73.7 Å². The number of rotatable bonds is 5. The Labute approximate surface area is 202 Å². The molecule has 0 aliphatic rings. The van der Waals surface area contributed by atoms with Gasteiger partial charge in [-0.2, -0.15) is 13.2 Å². The first-order valence-electron chi connectivity index (χ1n) is 8.46. The maximum absolute atomic E-state index is 12.2. The number of amidine groups is 1. The number of aldehydes is 1. The number of aliphatic imine (C=N–C) groups is 1. The lowest BCUT2D eigenvalue weighted by Crippen LogP contribution is -2.09. The van der Waals surface area contributed by atoms with Crippen molar-refractivity contribution in [3.8, 4) is 0 Å². The Morgan fingerprint density at radius 1 is 1.23 bits per heavy atom. The highest BCUT2D eigenvalue weighted by molar-refractivity contribution is 9.14. The quantitative estimate of drug-likeness (QED) is 0.129. The van der Waals surface area contributed by atoms with E-state index in [1.165, 1.54) is 43.8 Å². The SMILES string of the molecule is CN=C(Nc1c(Cl)cccc1Cl)S/C(Br)=C/C=O.C\C=C/C(=C\C=C(/C)N)C(F)(F)F. The Morgan fingerprint density at radius 2 is 1.81 bits per heavy atom. The van der Waals surface area contributed by atoms with E-state index in [0.717, 1.165) is 12.2 Å². The van der Waals surface area contributed by atoms with Gasteiger partial charge >= 0.3 is 6.18 Å². The third-order valence-corrected chi connectivity index (χ3v) is 5.18. The van der Waals surface area contributed by atoms with Crippen molar-refractivity contribution < 1.29 is 18.0 Å². The molecule has 0 spiro atoms. The van der Waals surface area contributed by atoms with Crippen molar-refractivity contribution in [2.45, 2.75) is 20.0 Å². The maximum atomic E-state index is 12.2. The number of alkyl halides is 3. The van der Waals surface area contributed by atoms with Crippen LogP contribution in [0.25, 0.3) is 0 Å². The summed E-state index contributed by atoms with van der Waals surface area (Å²) < 4.78 is 37.1. The summed E-state index contributed by atoms with van der Waals surface area (Å²) >= 11 is 16.6. The highest BCUT2D eigenvalue weighted by Crippen LogP contribution is 2.32. The van der Waals surface area contributed by atoms with E-state index in [2.05, 4.69) is 26.2 Å². The zero-order valence-electron chi connectivity index (χ0n) is 16.8. The molecule has 3 N–H and O–H groups in total. The number of hydrogen-bond acceptors (Lipinski definition) is 4. The second-order valence-corrected chi connectivity index (χ2v) is 8.71. The fourth-order valence-corrected chi connectivity index (χ4v) is 3.29. The van der Waals surface area contributed by atoms with Crippen LogP contribution in [0, 0.1) is 0 Å². The molecule has 0 saturated carbocycles. The van der Waals surface area contributed by atoms with Gasteiger partial charge < -0.3 is 11.1 Å². The molecule has 0 aromatic heterocycles. The van der Waals surface area contributed by atoms with Crippen LogP contribution in [-0.2, 0) is 4.79 Å². The Kier molecular flexibility index (Phi) is 14.4. The number of nitrogens with zero attached hydrogens (tertiary/aromatic N) is 1. The molecule has 31 heavy (non-hydrogen) atoms. The number of benzene rings is 1. The van der Waals surface area contributed by atoms with Gasteiger partial charge in [0.25, 0.3) is 0 Å². The van der Waals surface area contributed by atoms with Crippen molar-refractivity contribution in [3.63, 3.8) is 0 Å². The Hall–Kier alpha value is -1.68. The van der Waals surface area contributed by atoms with Crippen LogP contribution < -0.4 is 11.1 Å². The lowest BCUT2D eigenvalue weighted by molar-refractivity contribution is -0.104. The van der Waals surface area contributed by atoms with Crippen LogP contribution in [0.15, 0.2) is 68.7 Å². The van der Waals surface area contributed by atoms with E-state index in [1.54, 1.807) is 25.2 Å². The summed E-state index contributed by atoms with van der Waals surface area (Å²) in [6.45, 7) is 3.05. The number of anilines is 1. The first-order valence-corrected chi connectivity index (χ1v) is 10.8. The summed E-state index contributed by atoms with van der Waals surface area (Å²) in [5, 5.41) is 4.58. The predicted octanol–water partition coefficient (Wildman–Crippen LogP) is 7.47. The van der Waals surface area contributed by atoms with Crippen LogP contribution in [0.5, 0.6) is 0 Å². The Balaban J connectivity index is 0.000000615. The molecular formula is C20H21BrCl2F3N3OS. The average Bonchev–Trinajstić information content (AvgIpc) is 2.66. The fraction of sp³-hybridized carbons (Fsp3) is 0.200. The molecule has 0 aliphatic carbocycles. The molecule has 0 aliphatic heterocycles. The number of hydrogen-bond donors (Lipinski definition) is 2. The maximum Gasteiger partial charge on any atom is 0.416 e. The van der Waals surface area contributed by atoms with E-state index in [4.69, 9.17) is 28.9 Å². The lowest BCUT2D eigenvalue weighted by Gasteiger charge is -2.11. The van der Waals surface area contributed by atoms with Gasteiger partial charge in [-0.3, -0.25) is 9.79 Å². The predicted molar refractivity (Wildman–Crippen MR) is 131 cm³/mol. The van der Waals surface area contributed by atoms with Crippen LogP contribution >= 0.6 is 50.9 Å². The summed E-state index contributed by atoms with van der Waals surface area (Å²) in [6, 6.07) is 5.21. The number of halogens is 6. The third kappa shape index (κ3) is 12.7. The number of para-hydroxylation sites is 1. The highest BCUT2D eigenvalue weighted by atomic mass is 79.9. The molecular weight excluding hydrogens is 538 g/mol. The number of carbonyl (C=O) groups excluding carboxylic acids is 1. The van der Waals surface area contributed by atoms with Crippen molar-refractivity contribution in [2.75, 3.05) is 12.4 Å². The van der Waals surface area contributed by atoms with Crippen molar-refractivity contribution in [2.24, 2.45) is 10.7 Å². The van der Waals surface area contributed by atoms with Crippen molar-refractivity contribution in [1.29, 1.82) is 0 Å². The first kappa shape index (κ1) is 29.3. The van der Waals surface area contributed by atoms with Crippen molar-refractivity contribution >= 4 is 68.0 Å². The summed E-state index contributed by atoms with van der Waals surface area (Å²) in [7, 11) is 1.63. The molecule has 0 unspecified atom stereocenters. The normalized spacial score (nSPS) is 13.7. The minimum absolute atomic E-state index is 0.339. The average molecular weight is 559 g/mol. The Bertz CT molecular complexity index is 874. The molecule has 0 bridgehead atoms. The first-order chi connectivity index (χ1) is 14.5. The van der Waals surface area contributed by atoms with Gasteiger partial charge in [-0.25, -0.2) is 0 Å². The van der Waals surface area contributed by atoms with Gasteiger partial charge in [0.15, 0.2) is 5.17 Å². The van der Waals surface area contributed by atoms with E-state index in [-0.39, 0.29) is 0 Å². The van der Waals surface area contributed by atoms with Gasteiger partial charge in [0.2, 0.25) is 0 Å². The molecule has 0 saturated heterocycles. The van der Waals surface area contributed by atoms with E-state index < -0.39 is 11.7 Å². The van der Waals surface area contributed by atoms with Crippen LogP contribution in [0.2, 0.25) is 10.0 Å². The fourth-order valence-electron chi connectivity index (χ4n) is 1.68. The number of nitrogens with one attached hydrogen (secondary N) is 1. The number of carbonyl (C=O) groups is 1. The summed E-state index contributed by atoms with van der Waals surface area (Å²) in [6.07, 6.45) is 2.26. The Morgan fingerprint density at radius 3 is 2.23 bits per heavy atom. The van der Waals surface area contributed by atoms with Crippen LogP contribution in [0.3, 0.4) is 0 Å². The molecule has 1 aromatic carbocycles. The van der Waals surface area contributed by atoms with Gasteiger partial charge in [0.05, 0.1) is 25.1 Å². The van der Waals surface area contributed by atoms with E-state index >= 15 is 0 Å². The summed E-state index contributed by atoms with van der Waals surface area (Å²) in [5.74, 6) is 0. The molecule has 1 aromatic rings. The minimum atomic E-state index is -4.32. The number of thioether (sulfide) groups is 1. The van der Waals surface area contributed by atoms with Crippen LogP contribution in [0.1, 0.15) is 13.8 Å². The molecule has 0 amide bonds. The van der Waals surface area contributed by atoms with Gasteiger partial charge in [0, 0.05) is 12.7 Å². The molecule has 0 radical (unpaired) electrons. The topological polar surface area (TPSA) is 67.5 Å². The smallest absolute Gasteiger partial charge is 0.402 e. The summed E-state index contributed by atoms with van der Waals surface area (Å²) in [4.78, 5) is 14.4. The molecule has 11 heteroatoms.